The van der Waals surface area contributed by atoms with Crippen molar-refractivity contribution in [3.05, 3.63) is 48.6 Å². The Morgan fingerprint density at radius 2 is 1.00 bits per heavy atom. The summed E-state index contributed by atoms with van der Waals surface area (Å²) in [5, 5.41) is 8.86. The van der Waals surface area contributed by atoms with E-state index in [4.69, 9.17) is 24.8 Å². The van der Waals surface area contributed by atoms with Gasteiger partial charge in [0, 0.05) is 12.8 Å². The predicted octanol–water partition coefficient (Wildman–Crippen LogP) is 10.2. The van der Waals surface area contributed by atoms with Crippen LogP contribution in [0.3, 0.4) is 0 Å². The van der Waals surface area contributed by atoms with Gasteiger partial charge in [-0.15, -0.1) is 0 Å². The summed E-state index contributed by atoms with van der Waals surface area (Å²) in [5.41, 5.74) is 5.32. The monoisotopic (exact) mass is 769 g/mol. The molecule has 0 heterocycles. The van der Waals surface area contributed by atoms with Crippen molar-refractivity contribution >= 4 is 25.7 Å². The maximum atomic E-state index is 12.6. The molecule has 306 valence electrons. The van der Waals surface area contributed by atoms with Crippen LogP contribution in [0.4, 0.5) is 0 Å². The zero-order valence-corrected chi connectivity index (χ0v) is 33.7. The van der Waals surface area contributed by atoms with Gasteiger partial charge in [-0.25, -0.2) is 4.57 Å². The number of hydrogen-bond acceptors (Lipinski definition) is 9. The third-order valence-electron chi connectivity index (χ3n) is 8.33. The molecule has 12 heteroatoms. The van der Waals surface area contributed by atoms with Crippen LogP contribution in [0.1, 0.15) is 162 Å². The first kappa shape index (κ1) is 50.4. The van der Waals surface area contributed by atoms with Crippen LogP contribution in [0.2, 0.25) is 0 Å². The molecule has 0 aromatic heterocycles. The molecule has 0 radical (unpaired) electrons. The second-order valence-electron chi connectivity index (χ2n) is 13.4. The van der Waals surface area contributed by atoms with Gasteiger partial charge in [-0.1, -0.05) is 140 Å². The van der Waals surface area contributed by atoms with Crippen molar-refractivity contribution in [2.75, 3.05) is 19.8 Å². The summed E-state index contributed by atoms with van der Waals surface area (Å²) in [7, 11) is -4.72. The highest BCUT2D eigenvalue weighted by Gasteiger charge is 2.28. The number of ether oxygens (including phenoxy) is 2. The fraction of sp³-hybridized carbons (Fsp3) is 0.732. The summed E-state index contributed by atoms with van der Waals surface area (Å²) in [5.74, 6) is -2.42. The van der Waals surface area contributed by atoms with Crippen LogP contribution in [-0.2, 0) is 37.5 Å². The number of rotatable bonds is 37. The molecule has 0 rings (SSSR count). The normalized spacial score (nSPS) is 14.3. The molecule has 3 atom stereocenters. The molecule has 1 unspecified atom stereocenters. The number of carboxylic acid groups (broad SMARTS) is 1. The van der Waals surface area contributed by atoms with Crippen molar-refractivity contribution in [1.82, 2.24) is 0 Å². The number of hydrogen-bond donors (Lipinski definition) is 3. The van der Waals surface area contributed by atoms with Crippen LogP contribution in [0.15, 0.2) is 48.6 Å². The summed E-state index contributed by atoms with van der Waals surface area (Å²) in [4.78, 5) is 45.8. The lowest BCUT2D eigenvalue weighted by Gasteiger charge is -2.20. The average Bonchev–Trinajstić information content (AvgIpc) is 3.13. The first-order valence-corrected chi connectivity index (χ1v) is 21.7. The molecule has 0 aromatic carbocycles. The van der Waals surface area contributed by atoms with Gasteiger partial charge in [-0.3, -0.25) is 23.4 Å². The van der Waals surface area contributed by atoms with Gasteiger partial charge < -0.3 is 25.2 Å². The van der Waals surface area contributed by atoms with Crippen LogP contribution in [0, 0.1) is 0 Å². The summed E-state index contributed by atoms with van der Waals surface area (Å²) in [6.07, 6.45) is 39.0. The number of carboxylic acids is 1. The Morgan fingerprint density at radius 1 is 0.585 bits per heavy atom. The third kappa shape index (κ3) is 36.2. The van der Waals surface area contributed by atoms with Gasteiger partial charge in [-0.05, 0) is 57.8 Å². The standard InChI is InChI=1S/C41H72NO10P/c1-3-5-7-9-11-13-15-16-17-18-19-20-21-22-23-25-27-29-31-33-40(44)52-37(35-50-53(47,48)51-36-38(42)41(45)46)34-49-39(43)32-30-28-26-24-14-12-10-8-6-4-2/h11,13,16-17,19-20,22-23,37-38H,3-10,12,14-15,18,21,24-36,42H2,1-2H3,(H,45,46)(H,47,48)/b13-11-,17-16-,20-19-,23-22-/t37-,38+/m1/s1. The van der Waals surface area contributed by atoms with Crippen molar-refractivity contribution in [1.29, 1.82) is 0 Å². The van der Waals surface area contributed by atoms with E-state index in [9.17, 15) is 23.8 Å². The Morgan fingerprint density at radius 3 is 1.53 bits per heavy atom. The van der Waals surface area contributed by atoms with Crippen LogP contribution in [-0.4, -0.2) is 59.9 Å². The Kier molecular flexibility index (Phi) is 34.7. The molecule has 0 fully saturated rings. The van der Waals surface area contributed by atoms with Crippen molar-refractivity contribution in [2.24, 2.45) is 5.73 Å². The highest BCUT2D eigenvalue weighted by Crippen LogP contribution is 2.43. The number of aliphatic carboxylic acids is 1. The zero-order valence-electron chi connectivity index (χ0n) is 32.8. The number of phosphoric ester groups is 1. The number of allylic oxidation sites excluding steroid dienone is 8. The molecule has 0 saturated heterocycles. The van der Waals surface area contributed by atoms with E-state index >= 15 is 0 Å². The fourth-order valence-electron chi connectivity index (χ4n) is 5.11. The minimum atomic E-state index is -4.72. The molecule has 0 aliphatic carbocycles. The van der Waals surface area contributed by atoms with Crippen molar-refractivity contribution in [3.8, 4) is 0 Å². The minimum absolute atomic E-state index is 0.123. The van der Waals surface area contributed by atoms with E-state index in [0.29, 0.717) is 12.8 Å². The van der Waals surface area contributed by atoms with Gasteiger partial charge in [0.15, 0.2) is 6.10 Å². The predicted molar refractivity (Wildman–Crippen MR) is 212 cm³/mol. The maximum absolute atomic E-state index is 12.6. The topological polar surface area (TPSA) is 172 Å². The molecule has 0 bridgehead atoms. The van der Waals surface area contributed by atoms with Gasteiger partial charge in [0.25, 0.3) is 0 Å². The van der Waals surface area contributed by atoms with E-state index in [1.807, 2.05) is 0 Å². The minimum Gasteiger partial charge on any atom is -0.480 e. The third-order valence-corrected chi connectivity index (χ3v) is 9.28. The van der Waals surface area contributed by atoms with Gasteiger partial charge in [0.2, 0.25) is 0 Å². The summed E-state index contributed by atoms with van der Waals surface area (Å²) >= 11 is 0. The molecule has 0 amide bonds. The molecule has 0 spiro atoms. The largest absolute Gasteiger partial charge is 0.480 e. The SMILES string of the molecule is CCCCC/C=C\C/C=C\C/C=C\C/C=C\CCCCCC(=O)O[C@H](COC(=O)CCCCCCCCCCCC)COP(=O)(O)OC[C@H](N)C(=O)O. The Balaban J connectivity index is 4.46. The average molecular weight is 770 g/mol. The van der Waals surface area contributed by atoms with Crippen molar-refractivity contribution in [3.63, 3.8) is 0 Å². The summed E-state index contributed by atoms with van der Waals surface area (Å²) in [6, 6.07) is -1.53. The molecule has 0 aliphatic rings. The zero-order chi connectivity index (χ0) is 39.3. The number of esters is 2. The van der Waals surface area contributed by atoms with Crippen molar-refractivity contribution in [2.45, 2.75) is 174 Å². The first-order valence-electron chi connectivity index (χ1n) is 20.2. The summed E-state index contributed by atoms with van der Waals surface area (Å²) < 4.78 is 32.5. The van der Waals surface area contributed by atoms with Gasteiger partial charge in [0.05, 0.1) is 13.2 Å². The van der Waals surface area contributed by atoms with Crippen LogP contribution < -0.4 is 5.73 Å². The fourth-order valence-corrected chi connectivity index (χ4v) is 5.88. The molecular formula is C41H72NO10P. The van der Waals surface area contributed by atoms with Crippen LogP contribution >= 0.6 is 7.82 Å². The van der Waals surface area contributed by atoms with E-state index in [1.54, 1.807) is 0 Å². The molecule has 0 aliphatic heterocycles. The van der Waals surface area contributed by atoms with E-state index < -0.39 is 51.1 Å². The Labute approximate surface area is 320 Å². The molecule has 0 aromatic rings. The van der Waals surface area contributed by atoms with E-state index in [2.05, 4.69) is 67.0 Å². The molecule has 0 saturated carbocycles. The first-order chi connectivity index (χ1) is 25.6. The lowest BCUT2D eigenvalue weighted by molar-refractivity contribution is -0.161. The molecular weight excluding hydrogens is 697 g/mol. The Hall–Kier alpha value is -2.56. The van der Waals surface area contributed by atoms with E-state index in [0.717, 1.165) is 57.8 Å². The highest BCUT2D eigenvalue weighted by molar-refractivity contribution is 7.47. The number of carbonyl (C=O) groups excluding carboxylic acids is 2. The smallest absolute Gasteiger partial charge is 0.472 e. The number of carbonyl (C=O) groups is 3. The number of unbranched alkanes of at least 4 members (excludes halogenated alkanes) is 15. The lowest BCUT2D eigenvalue weighted by atomic mass is 10.1. The van der Waals surface area contributed by atoms with Crippen LogP contribution in [0.25, 0.3) is 0 Å². The Bertz CT molecular complexity index is 1090. The second-order valence-corrected chi connectivity index (χ2v) is 14.9. The van der Waals surface area contributed by atoms with E-state index in [1.165, 1.54) is 64.2 Å². The number of nitrogens with two attached hydrogens (primary N) is 1. The van der Waals surface area contributed by atoms with Gasteiger partial charge >= 0.3 is 25.7 Å². The molecule has 53 heavy (non-hydrogen) atoms. The van der Waals surface area contributed by atoms with Crippen LogP contribution in [0.5, 0.6) is 0 Å². The van der Waals surface area contributed by atoms with Gasteiger partial charge in [0.1, 0.15) is 12.6 Å². The second kappa shape index (κ2) is 36.4. The van der Waals surface area contributed by atoms with Gasteiger partial charge in [-0.2, -0.15) is 0 Å². The lowest BCUT2D eigenvalue weighted by Crippen LogP contribution is -2.34. The number of phosphoric acid groups is 1. The highest BCUT2D eigenvalue weighted by atomic mass is 31.2. The van der Waals surface area contributed by atoms with E-state index in [-0.39, 0.29) is 19.4 Å². The van der Waals surface area contributed by atoms with Crippen molar-refractivity contribution < 1.29 is 47.5 Å². The maximum Gasteiger partial charge on any atom is 0.472 e. The quantitative estimate of drug-likeness (QED) is 0.0238. The summed E-state index contributed by atoms with van der Waals surface area (Å²) in [6.45, 7) is 2.71. The molecule has 4 N–H and O–H groups in total. The molecule has 11 nitrogen and oxygen atoms in total.